The minimum atomic E-state index is 0.148. The van der Waals surface area contributed by atoms with Crippen LogP contribution in [0.25, 0.3) is 0 Å². The highest BCUT2D eigenvalue weighted by Crippen LogP contribution is 2.43. The van der Waals surface area contributed by atoms with Gasteiger partial charge >= 0.3 is 0 Å². The third-order valence-electron chi connectivity index (χ3n) is 3.81. The molecule has 0 bridgehead atoms. The van der Waals surface area contributed by atoms with Crippen molar-refractivity contribution in [2.45, 2.75) is 32.1 Å². The summed E-state index contributed by atoms with van der Waals surface area (Å²) in [6.07, 6.45) is 4.73. The summed E-state index contributed by atoms with van der Waals surface area (Å²) in [4.78, 5) is 11.7. The predicted molar refractivity (Wildman–Crippen MR) is 80.8 cm³/mol. The molecule has 1 amide bonds. The highest BCUT2D eigenvalue weighted by atomic mass is 79.9. The fourth-order valence-corrected chi connectivity index (χ4v) is 2.60. The zero-order chi connectivity index (χ0) is 13.7. The molecule has 1 aliphatic rings. The molecular weight excluding hydrogens is 304 g/mol. The van der Waals surface area contributed by atoms with Crippen LogP contribution in [0, 0.1) is 5.41 Å². The van der Waals surface area contributed by atoms with Crippen molar-refractivity contribution in [3.63, 3.8) is 0 Å². The number of carbonyl (C=O) groups excluding carboxylic acids is 1. The first-order valence-corrected chi connectivity index (χ1v) is 7.64. The molecule has 0 aromatic heterocycles. The molecule has 0 atom stereocenters. The molecule has 1 aliphatic carbocycles. The van der Waals surface area contributed by atoms with E-state index in [9.17, 15) is 4.79 Å². The van der Waals surface area contributed by atoms with Gasteiger partial charge in [-0.05, 0) is 55.3 Å². The molecule has 0 radical (unpaired) electrons. The van der Waals surface area contributed by atoms with Crippen LogP contribution in [0.1, 0.15) is 31.2 Å². The molecule has 0 heterocycles. The number of aryl methyl sites for hydroxylation is 1. The Morgan fingerprint density at radius 2 is 2.21 bits per heavy atom. The van der Waals surface area contributed by atoms with E-state index in [-0.39, 0.29) is 11.3 Å². The Balaban J connectivity index is 1.64. The van der Waals surface area contributed by atoms with Gasteiger partial charge in [-0.15, -0.1) is 0 Å². The molecule has 0 spiro atoms. The molecule has 1 saturated carbocycles. The van der Waals surface area contributed by atoms with Gasteiger partial charge in [0, 0.05) is 17.4 Å². The van der Waals surface area contributed by atoms with Gasteiger partial charge in [-0.25, -0.2) is 0 Å². The summed E-state index contributed by atoms with van der Waals surface area (Å²) in [7, 11) is 0. The molecule has 4 heteroatoms. The number of carbonyl (C=O) groups is 1. The molecule has 3 nitrogen and oxygen atoms in total. The molecule has 0 saturated heterocycles. The van der Waals surface area contributed by atoms with E-state index in [2.05, 4.69) is 33.4 Å². The van der Waals surface area contributed by atoms with Gasteiger partial charge in [-0.1, -0.05) is 28.1 Å². The first-order chi connectivity index (χ1) is 9.13. The van der Waals surface area contributed by atoms with Crippen LogP contribution in [-0.4, -0.2) is 19.0 Å². The number of nitrogens with one attached hydrogen (secondary N) is 1. The van der Waals surface area contributed by atoms with E-state index in [0.29, 0.717) is 13.0 Å². The molecular formula is C15H21BrN2O. The average Bonchev–Trinajstić information content (AvgIpc) is 3.17. The lowest BCUT2D eigenvalue weighted by Crippen LogP contribution is -2.33. The highest BCUT2D eigenvalue weighted by Gasteiger charge is 2.41. The predicted octanol–water partition coefficient (Wildman–Crippen LogP) is 2.63. The maximum Gasteiger partial charge on any atom is 0.220 e. The van der Waals surface area contributed by atoms with Crippen molar-refractivity contribution in [3.8, 4) is 0 Å². The van der Waals surface area contributed by atoms with Crippen LogP contribution in [0.3, 0.4) is 0 Å². The minimum absolute atomic E-state index is 0.148. The topological polar surface area (TPSA) is 55.1 Å². The van der Waals surface area contributed by atoms with Gasteiger partial charge in [0.25, 0.3) is 0 Å². The van der Waals surface area contributed by atoms with E-state index >= 15 is 0 Å². The second kappa shape index (κ2) is 6.53. The summed E-state index contributed by atoms with van der Waals surface area (Å²) in [5, 5.41) is 3.01. The van der Waals surface area contributed by atoms with Crippen LogP contribution >= 0.6 is 15.9 Å². The van der Waals surface area contributed by atoms with E-state index in [0.717, 1.165) is 36.7 Å². The van der Waals surface area contributed by atoms with E-state index in [1.807, 2.05) is 12.1 Å². The van der Waals surface area contributed by atoms with Gasteiger partial charge in [0.05, 0.1) is 0 Å². The molecule has 0 aliphatic heterocycles. The number of hydrogen-bond donors (Lipinski definition) is 2. The van der Waals surface area contributed by atoms with E-state index in [4.69, 9.17) is 5.73 Å². The first kappa shape index (κ1) is 14.5. The summed E-state index contributed by atoms with van der Waals surface area (Å²) < 4.78 is 1.09. The molecule has 1 fully saturated rings. The van der Waals surface area contributed by atoms with Crippen LogP contribution in [0.4, 0.5) is 0 Å². The van der Waals surface area contributed by atoms with Crippen molar-refractivity contribution in [2.24, 2.45) is 11.1 Å². The third-order valence-corrected chi connectivity index (χ3v) is 4.30. The molecule has 19 heavy (non-hydrogen) atoms. The highest BCUT2D eigenvalue weighted by molar-refractivity contribution is 9.10. The Morgan fingerprint density at radius 1 is 1.42 bits per heavy atom. The molecule has 0 unspecified atom stereocenters. The smallest absolute Gasteiger partial charge is 0.220 e. The minimum Gasteiger partial charge on any atom is -0.355 e. The summed E-state index contributed by atoms with van der Waals surface area (Å²) in [5.41, 5.74) is 7.18. The normalized spacial score (nSPS) is 16.1. The average molecular weight is 325 g/mol. The van der Waals surface area contributed by atoms with Crippen molar-refractivity contribution in [1.29, 1.82) is 0 Å². The lowest BCUT2D eigenvalue weighted by molar-refractivity contribution is -0.121. The Bertz CT molecular complexity index is 444. The third kappa shape index (κ3) is 4.62. The van der Waals surface area contributed by atoms with Crippen molar-refractivity contribution in [1.82, 2.24) is 5.32 Å². The maximum atomic E-state index is 11.7. The summed E-state index contributed by atoms with van der Waals surface area (Å²) >= 11 is 3.45. The standard InChI is InChI=1S/C15H21BrN2O/c16-13-5-1-3-12(9-13)4-2-6-14(19)18-11-15(10-17)7-8-15/h1,3,5,9H,2,4,6-8,10-11,17H2,(H,18,19). The molecule has 1 aromatic rings. The van der Waals surface area contributed by atoms with Crippen LogP contribution in [0.15, 0.2) is 28.7 Å². The summed E-state index contributed by atoms with van der Waals surface area (Å²) in [6.45, 7) is 1.44. The van der Waals surface area contributed by atoms with Crippen molar-refractivity contribution >= 4 is 21.8 Å². The van der Waals surface area contributed by atoms with Crippen molar-refractivity contribution in [3.05, 3.63) is 34.3 Å². The lowest BCUT2D eigenvalue weighted by Gasteiger charge is -2.13. The zero-order valence-electron chi connectivity index (χ0n) is 11.1. The Hall–Kier alpha value is -0.870. The Kier molecular flexibility index (Phi) is 4.99. The number of hydrogen-bond acceptors (Lipinski definition) is 2. The fraction of sp³-hybridized carbons (Fsp3) is 0.533. The van der Waals surface area contributed by atoms with E-state index < -0.39 is 0 Å². The fourth-order valence-electron chi connectivity index (χ4n) is 2.15. The summed E-state index contributed by atoms with van der Waals surface area (Å²) in [5.74, 6) is 0.148. The molecule has 1 aromatic carbocycles. The maximum absolute atomic E-state index is 11.7. The quantitative estimate of drug-likeness (QED) is 0.810. The van der Waals surface area contributed by atoms with Gasteiger partial charge in [0.15, 0.2) is 0 Å². The molecule has 2 rings (SSSR count). The van der Waals surface area contributed by atoms with Crippen molar-refractivity contribution in [2.75, 3.05) is 13.1 Å². The number of benzene rings is 1. The lowest BCUT2D eigenvalue weighted by atomic mass is 10.1. The Morgan fingerprint density at radius 3 is 2.84 bits per heavy atom. The largest absolute Gasteiger partial charge is 0.355 e. The van der Waals surface area contributed by atoms with Crippen LogP contribution in [0.5, 0.6) is 0 Å². The molecule has 104 valence electrons. The van der Waals surface area contributed by atoms with Gasteiger partial charge < -0.3 is 11.1 Å². The van der Waals surface area contributed by atoms with Gasteiger partial charge in [0.1, 0.15) is 0 Å². The molecule has 3 N–H and O–H groups in total. The second-order valence-electron chi connectivity index (χ2n) is 5.46. The number of amides is 1. The summed E-state index contributed by atoms with van der Waals surface area (Å²) in [6, 6.07) is 8.23. The van der Waals surface area contributed by atoms with Gasteiger partial charge in [-0.2, -0.15) is 0 Å². The monoisotopic (exact) mass is 324 g/mol. The number of nitrogens with two attached hydrogens (primary N) is 1. The van der Waals surface area contributed by atoms with Crippen LogP contribution in [-0.2, 0) is 11.2 Å². The van der Waals surface area contributed by atoms with E-state index in [1.165, 1.54) is 5.56 Å². The zero-order valence-corrected chi connectivity index (χ0v) is 12.7. The van der Waals surface area contributed by atoms with Gasteiger partial charge in [-0.3, -0.25) is 4.79 Å². The first-order valence-electron chi connectivity index (χ1n) is 6.85. The van der Waals surface area contributed by atoms with Gasteiger partial charge in [0.2, 0.25) is 5.91 Å². The van der Waals surface area contributed by atoms with E-state index in [1.54, 1.807) is 0 Å². The Labute approximate surface area is 123 Å². The number of halogens is 1. The number of rotatable bonds is 7. The van der Waals surface area contributed by atoms with Crippen LogP contribution in [0.2, 0.25) is 0 Å². The SMILES string of the molecule is NCC1(CNC(=O)CCCc2cccc(Br)c2)CC1. The second-order valence-corrected chi connectivity index (χ2v) is 6.38. The van der Waals surface area contributed by atoms with Crippen molar-refractivity contribution < 1.29 is 4.79 Å². The van der Waals surface area contributed by atoms with Crippen LogP contribution < -0.4 is 11.1 Å².